The summed E-state index contributed by atoms with van der Waals surface area (Å²) in [5, 5.41) is 17.5. The summed E-state index contributed by atoms with van der Waals surface area (Å²) in [6.07, 6.45) is -0.297. The lowest BCUT2D eigenvalue weighted by Crippen LogP contribution is -2.41. The molecule has 1 unspecified atom stereocenters. The van der Waals surface area contributed by atoms with E-state index in [1.165, 1.54) is 0 Å². The van der Waals surface area contributed by atoms with Gasteiger partial charge >= 0.3 is 5.97 Å². The number of ether oxygens (including phenoxy) is 1. The van der Waals surface area contributed by atoms with Gasteiger partial charge < -0.3 is 9.84 Å². The van der Waals surface area contributed by atoms with E-state index in [1.54, 1.807) is 0 Å². The Hall–Kier alpha value is -1.90. The topological polar surface area (TPSA) is 73.6 Å². The van der Waals surface area contributed by atoms with E-state index in [0.717, 1.165) is 24.2 Å². The Morgan fingerprint density at radius 2 is 2.11 bits per heavy atom. The molecule has 0 spiro atoms. The van der Waals surface area contributed by atoms with Crippen LogP contribution in [0.3, 0.4) is 0 Å². The molecular weight excluding hydrogens is 244 g/mol. The molecule has 0 bridgehead atoms. The third-order valence-corrected chi connectivity index (χ3v) is 3.08. The highest BCUT2D eigenvalue weighted by atomic mass is 16.5. The van der Waals surface area contributed by atoms with Crippen LogP contribution in [0.5, 0.6) is 0 Å². The first-order valence-corrected chi connectivity index (χ1v) is 6.20. The van der Waals surface area contributed by atoms with E-state index >= 15 is 0 Å². The largest absolute Gasteiger partial charge is 0.481 e. The predicted octanol–water partition coefficient (Wildman–Crippen LogP) is 1.04. The van der Waals surface area contributed by atoms with Gasteiger partial charge in [-0.25, -0.2) is 0 Å². The van der Waals surface area contributed by atoms with Gasteiger partial charge in [-0.05, 0) is 11.1 Å². The van der Waals surface area contributed by atoms with Gasteiger partial charge in [0, 0.05) is 19.6 Å². The minimum Gasteiger partial charge on any atom is -0.481 e. The Balaban J connectivity index is 1.92. The van der Waals surface area contributed by atoms with Crippen molar-refractivity contribution in [3.05, 3.63) is 35.4 Å². The number of hydrogen-bond donors (Lipinski definition) is 1. The molecule has 1 aliphatic rings. The van der Waals surface area contributed by atoms with Crippen molar-refractivity contribution in [2.75, 3.05) is 19.7 Å². The van der Waals surface area contributed by atoms with Gasteiger partial charge in [-0.2, -0.15) is 5.26 Å². The van der Waals surface area contributed by atoms with Gasteiger partial charge in [0.25, 0.3) is 0 Å². The molecule has 1 aromatic rings. The number of rotatable bonds is 4. The number of carbonyl (C=O) groups is 1. The van der Waals surface area contributed by atoms with Crippen LogP contribution in [0.25, 0.3) is 0 Å². The maximum atomic E-state index is 10.6. The third kappa shape index (κ3) is 4.05. The highest BCUT2D eigenvalue weighted by Crippen LogP contribution is 2.11. The quantitative estimate of drug-likeness (QED) is 0.875. The molecule has 1 aromatic carbocycles. The van der Waals surface area contributed by atoms with E-state index in [2.05, 4.69) is 11.0 Å². The number of morpholine rings is 1. The van der Waals surface area contributed by atoms with Crippen LogP contribution < -0.4 is 0 Å². The second-order valence-electron chi connectivity index (χ2n) is 4.61. The van der Waals surface area contributed by atoms with Crippen LogP contribution in [0.4, 0.5) is 0 Å². The second-order valence-corrected chi connectivity index (χ2v) is 4.61. The van der Waals surface area contributed by atoms with Gasteiger partial charge in [-0.1, -0.05) is 24.3 Å². The maximum Gasteiger partial charge on any atom is 0.307 e. The summed E-state index contributed by atoms with van der Waals surface area (Å²) in [4.78, 5) is 12.8. The Morgan fingerprint density at radius 3 is 2.74 bits per heavy atom. The number of carboxylic acid groups (broad SMARTS) is 1. The first-order chi connectivity index (χ1) is 9.17. The van der Waals surface area contributed by atoms with E-state index < -0.39 is 5.97 Å². The highest BCUT2D eigenvalue weighted by molar-refractivity contribution is 5.70. The molecular formula is C14H16N2O3. The van der Waals surface area contributed by atoms with Crippen LogP contribution in [-0.2, 0) is 22.5 Å². The first-order valence-electron chi connectivity index (χ1n) is 6.20. The van der Waals surface area contributed by atoms with Crippen LogP contribution in [0.2, 0.25) is 0 Å². The van der Waals surface area contributed by atoms with Gasteiger partial charge in [0.15, 0.2) is 6.10 Å². The normalized spacial score (nSPS) is 19.8. The molecule has 1 saturated heterocycles. The predicted molar refractivity (Wildman–Crippen MR) is 68.4 cm³/mol. The average molecular weight is 260 g/mol. The first kappa shape index (κ1) is 13.5. The molecule has 1 N–H and O–H groups in total. The van der Waals surface area contributed by atoms with Crippen molar-refractivity contribution in [2.24, 2.45) is 0 Å². The summed E-state index contributed by atoms with van der Waals surface area (Å²) in [6.45, 7) is 2.77. The molecule has 1 aliphatic heterocycles. The van der Waals surface area contributed by atoms with Crippen molar-refractivity contribution in [2.45, 2.75) is 19.1 Å². The fourth-order valence-electron chi connectivity index (χ4n) is 2.12. The number of nitriles is 1. The van der Waals surface area contributed by atoms with Gasteiger partial charge in [0.1, 0.15) is 0 Å². The maximum absolute atomic E-state index is 10.6. The monoisotopic (exact) mass is 260 g/mol. The summed E-state index contributed by atoms with van der Waals surface area (Å²) in [6, 6.07) is 9.68. The molecule has 5 nitrogen and oxygen atoms in total. The smallest absolute Gasteiger partial charge is 0.307 e. The third-order valence-electron chi connectivity index (χ3n) is 3.08. The van der Waals surface area contributed by atoms with Crippen LogP contribution in [0, 0.1) is 11.3 Å². The molecule has 1 atom stereocenters. The van der Waals surface area contributed by atoms with Crippen LogP contribution >= 0.6 is 0 Å². The second kappa shape index (κ2) is 6.32. The van der Waals surface area contributed by atoms with E-state index in [-0.39, 0.29) is 12.5 Å². The molecule has 1 fully saturated rings. The van der Waals surface area contributed by atoms with Crippen molar-refractivity contribution >= 4 is 5.97 Å². The molecule has 2 rings (SSSR count). The van der Waals surface area contributed by atoms with E-state index in [9.17, 15) is 4.79 Å². The van der Waals surface area contributed by atoms with Crippen molar-refractivity contribution in [3.63, 3.8) is 0 Å². The molecule has 0 saturated carbocycles. The number of nitrogens with zero attached hydrogens (tertiary/aromatic N) is 2. The lowest BCUT2D eigenvalue weighted by molar-refractivity contribution is -0.136. The molecule has 5 heteroatoms. The Morgan fingerprint density at radius 1 is 1.42 bits per heavy atom. The molecule has 100 valence electrons. The molecule has 19 heavy (non-hydrogen) atoms. The molecule has 0 aliphatic carbocycles. The van der Waals surface area contributed by atoms with Gasteiger partial charge in [0.05, 0.1) is 19.1 Å². The SMILES string of the molecule is N#CC1CN(Cc2ccc(CC(=O)O)cc2)CCO1. The van der Waals surface area contributed by atoms with Gasteiger partial charge in [0.2, 0.25) is 0 Å². The lowest BCUT2D eigenvalue weighted by Gasteiger charge is -2.29. The highest BCUT2D eigenvalue weighted by Gasteiger charge is 2.19. The number of hydrogen-bond acceptors (Lipinski definition) is 4. The molecule has 0 radical (unpaired) electrons. The van der Waals surface area contributed by atoms with Crippen molar-refractivity contribution in [1.82, 2.24) is 4.90 Å². The number of carboxylic acids is 1. The van der Waals surface area contributed by atoms with Gasteiger partial charge in [-0.3, -0.25) is 9.69 Å². The minimum atomic E-state index is -0.821. The zero-order valence-corrected chi connectivity index (χ0v) is 10.6. The van der Waals surface area contributed by atoms with Crippen LogP contribution in [-0.4, -0.2) is 41.8 Å². The molecule has 0 aromatic heterocycles. The van der Waals surface area contributed by atoms with Crippen molar-refractivity contribution in [1.29, 1.82) is 5.26 Å². The van der Waals surface area contributed by atoms with Gasteiger partial charge in [-0.15, -0.1) is 0 Å². The Kier molecular flexibility index (Phi) is 4.50. The van der Waals surface area contributed by atoms with E-state index in [0.29, 0.717) is 13.2 Å². The Labute approximate surface area is 112 Å². The summed E-state index contributed by atoms with van der Waals surface area (Å²) >= 11 is 0. The van der Waals surface area contributed by atoms with Crippen molar-refractivity contribution < 1.29 is 14.6 Å². The fraction of sp³-hybridized carbons (Fsp3) is 0.429. The fourth-order valence-corrected chi connectivity index (χ4v) is 2.12. The summed E-state index contributed by atoms with van der Waals surface area (Å²) in [5.74, 6) is -0.821. The summed E-state index contributed by atoms with van der Waals surface area (Å²) in [5.41, 5.74) is 1.92. The van der Waals surface area contributed by atoms with Crippen LogP contribution in [0.15, 0.2) is 24.3 Å². The molecule has 0 amide bonds. The van der Waals surface area contributed by atoms with E-state index in [4.69, 9.17) is 15.1 Å². The zero-order valence-electron chi connectivity index (χ0n) is 10.6. The zero-order chi connectivity index (χ0) is 13.7. The number of aliphatic carboxylic acids is 1. The average Bonchev–Trinajstić information content (AvgIpc) is 2.41. The number of benzene rings is 1. The summed E-state index contributed by atoms with van der Waals surface area (Å²) in [7, 11) is 0. The van der Waals surface area contributed by atoms with Crippen LogP contribution in [0.1, 0.15) is 11.1 Å². The van der Waals surface area contributed by atoms with Crippen molar-refractivity contribution in [3.8, 4) is 6.07 Å². The Bertz CT molecular complexity index is 478. The standard InChI is InChI=1S/C14H16N2O3/c15-8-13-10-16(5-6-19-13)9-12-3-1-11(2-4-12)7-14(17)18/h1-4,13H,5-7,9-10H2,(H,17,18). The summed E-state index contributed by atoms with van der Waals surface area (Å²) < 4.78 is 5.29. The van der Waals surface area contributed by atoms with E-state index in [1.807, 2.05) is 24.3 Å². The minimum absolute atomic E-state index is 0.0499. The molecule has 1 heterocycles. The lowest BCUT2D eigenvalue weighted by atomic mass is 10.1.